The Morgan fingerprint density at radius 3 is 3.12 bits per heavy atom. The predicted molar refractivity (Wildman–Crippen MR) is 67.7 cm³/mol. The molecule has 0 saturated heterocycles. The molecule has 4 heteroatoms. The van der Waals surface area contributed by atoms with Crippen molar-refractivity contribution in [2.75, 3.05) is 13.1 Å². The molecular weight excluding hydrogens is 218 g/mol. The van der Waals surface area contributed by atoms with E-state index in [2.05, 4.69) is 27.2 Å². The van der Waals surface area contributed by atoms with Gasteiger partial charge in [0.2, 0.25) is 0 Å². The first-order valence-electron chi connectivity index (χ1n) is 5.64. The fraction of sp³-hybridized carbons (Fsp3) is 0.417. The maximum Gasteiger partial charge on any atom is 0.0489 e. The van der Waals surface area contributed by atoms with Gasteiger partial charge in [-0.25, -0.2) is 0 Å². The van der Waals surface area contributed by atoms with Crippen LogP contribution < -0.4 is 5.32 Å². The van der Waals surface area contributed by atoms with E-state index >= 15 is 0 Å². The van der Waals surface area contributed by atoms with E-state index in [1.807, 2.05) is 23.1 Å². The summed E-state index contributed by atoms with van der Waals surface area (Å²) in [6.07, 6.45) is 6.09. The number of hydrogen-bond acceptors (Lipinski definition) is 3. The average molecular weight is 235 g/mol. The lowest BCUT2D eigenvalue weighted by Crippen LogP contribution is -2.19. The summed E-state index contributed by atoms with van der Waals surface area (Å²) in [5, 5.41) is 12.0. The van der Waals surface area contributed by atoms with Gasteiger partial charge < -0.3 is 5.32 Å². The summed E-state index contributed by atoms with van der Waals surface area (Å²) < 4.78 is 1.97. The van der Waals surface area contributed by atoms with Crippen molar-refractivity contribution in [2.45, 2.75) is 19.4 Å². The fourth-order valence-corrected chi connectivity index (χ4v) is 2.29. The predicted octanol–water partition coefficient (Wildman–Crippen LogP) is 2.17. The lowest BCUT2D eigenvalue weighted by molar-refractivity contribution is 0.544. The summed E-state index contributed by atoms with van der Waals surface area (Å²) in [7, 11) is 0. The third kappa shape index (κ3) is 3.79. The van der Waals surface area contributed by atoms with Crippen LogP contribution in [0.1, 0.15) is 12.0 Å². The van der Waals surface area contributed by atoms with E-state index in [-0.39, 0.29) is 0 Å². The van der Waals surface area contributed by atoms with E-state index < -0.39 is 0 Å². The Bertz CT molecular complexity index is 329. The topological polar surface area (TPSA) is 29.9 Å². The minimum atomic E-state index is 0.998. The Morgan fingerprint density at radius 2 is 2.38 bits per heavy atom. The molecule has 0 saturated carbocycles. The molecule has 1 N–H and O–H groups in total. The largest absolute Gasteiger partial charge is 0.316 e. The van der Waals surface area contributed by atoms with Gasteiger partial charge in [0.1, 0.15) is 0 Å². The summed E-state index contributed by atoms with van der Waals surface area (Å²) in [5.41, 5.74) is 1.43. The number of rotatable bonds is 7. The number of hydrogen-bond donors (Lipinski definition) is 1. The highest BCUT2D eigenvalue weighted by molar-refractivity contribution is 7.07. The third-order valence-corrected chi connectivity index (χ3v) is 3.20. The molecule has 0 bridgehead atoms. The lowest BCUT2D eigenvalue weighted by atomic mass is 10.2. The second kappa shape index (κ2) is 6.45. The lowest BCUT2D eigenvalue weighted by Gasteiger charge is -2.04. The second-order valence-electron chi connectivity index (χ2n) is 3.75. The van der Waals surface area contributed by atoms with E-state index in [0.717, 1.165) is 32.5 Å². The molecule has 86 valence electrons. The zero-order chi connectivity index (χ0) is 11.1. The van der Waals surface area contributed by atoms with Crippen LogP contribution in [0, 0.1) is 0 Å². The van der Waals surface area contributed by atoms with Crippen molar-refractivity contribution in [3.63, 3.8) is 0 Å². The quantitative estimate of drug-likeness (QED) is 0.745. The smallest absolute Gasteiger partial charge is 0.0489 e. The number of nitrogens with zero attached hydrogens (tertiary/aromatic N) is 2. The molecule has 3 nitrogen and oxygen atoms in total. The highest BCUT2D eigenvalue weighted by Crippen LogP contribution is 2.05. The van der Waals surface area contributed by atoms with Crippen molar-refractivity contribution < 1.29 is 0 Å². The van der Waals surface area contributed by atoms with Gasteiger partial charge in [0.15, 0.2) is 0 Å². The molecule has 0 amide bonds. The molecule has 0 aliphatic rings. The van der Waals surface area contributed by atoms with Crippen molar-refractivity contribution in [3.05, 3.63) is 40.8 Å². The summed E-state index contributed by atoms with van der Waals surface area (Å²) in [5.74, 6) is 0. The molecule has 2 rings (SSSR count). The summed E-state index contributed by atoms with van der Waals surface area (Å²) >= 11 is 1.77. The third-order valence-electron chi connectivity index (χ3n) is 2.47. The van der Waals surface area contributed by atoms with Crippen molar-refractivity contribution in [3.8, 4) is 0 Å². The van der Waals surface area contributed by atoms with Crippen LogP contribution in [-0.2, 0) is 13.0 Å². The standard InChI is InChI=1S/C12H17N3S/c1(8-15-9-2-6-14-15)5-13-7-3-12-4-10-16-11-12/h2,4,6,9-11,13H,1,3,5,7-8H2. The molecule has 0 spiro atoms. The van der Waals surface area contributed by atoms with E-state index in [9.17, 15) is 0 Å². The van der Waals surface area contributed by atoms with E-state index in [1.165, 1.54) is 5.56 Å². The average Bonchev–Trinajstić information content (AvgIpc) is 2.96. The second-order valence-corrected chi connectivity index (χ2v) is 4.53. The van der Waals surface area contributed by atoms with Crippen LogP contribution in [0.25, 0.3) is 0 Å². The van der Waals surface area contributed by atoms with Gasteiger partial charge >= 0.3 is 0 Å². The van der Waals surface area contributed by atoms with E-state index in [0.29, 0.717) is 0 Å². The first kappa shape index (κ1) is 11.4. The first-order valence-corrected chi connectivity index (χ1v) is 6.58. The molecule has 0 fully saturated rings. The highest BCUT2D eigenvalue weighted by atomic mass is 32.1. The van der Waals surface area contributed by atoms with E-state index in [1.54, 1.807) is 11.3 Å². The summed E-state index contributed by atoms with van der Waals surface area (Å²) in [6, 6.07) is 4.15. The van der Waals surface area contributed by atoms with Crippen LogP contribution in [0.4, 0.5) is 0 Å². The van der Waals surface area contributed by atoms with Gasteiger partial charge in [-0.3, -0.25) is 4.68 Å². The summed E-state index contributed by atoms with van der Waals surface area (Å²) in [4.78, 5) is 0. The van der Waals surface area contributed by atoms with Crippen LogP contribution >= 0.6 is 11.3 Å². The molecule has 2 aromatic rings. The molecule has 0 aliphatic heterocycles. The minimum absolute atomic E-state index is 0.998. The van der Waals surface area contributed by atoms with E-state index in [4.69, 9.17) is 0 Å². The van der Waals surface area contributed by atoms with Crippen LogP contribution in [0.3, 0.4) is 0 Å². The van der Waals surface area contributed by atoms with Gasteiger partial charge in [0.05, 0.1) is 0 Å². The zero-order valence-corrected chi connectivity index (χ0v) is 10.1. The maximum atomic E-state index is 4.16. The monoisotopic (exact) mass is 235 g/mol. The molecule has 0 aliphatic carbocycles. The maximum absolute atomic E-state index is 4.16. The van der Waals surface area contributed by atoms with Crippen molar-refractivity contribution >= 4 is 11.3 Å². The molecule has 0 atom stereocenters. The van der Waals surface area contributed by atoms with Gasteiger partial charge in [-0.05, 0) is 54.4 Å². The van der Waals surface area contributed by atoms with Crippen LogP contribution in [0.2, 0.25) is 0 Å². The molecule has 0 unspecified atom stereocenters. The molecule has 2 heterocycles. The number of aromatic nitrogens is 2. The Labute approximate surface area is 100 Å². The fourth-order valence-electron chi connectivity index (χ4n) is 1.59. The number of aryl methyl sites for hydroxylation is 1. The van der Waals surface area contributed by atoms with Crippen LogP contribution in [-0.4, -0.2) is 22.9 Å². The summed E-state index contributed by atoms with van der Waals surface area (Å²) in [6.45, 7) is 3.12. The van der Waals surface area contributed by atoms with Gasteiger partial charge in [-0.1, -0.05) is 0 Å². The van der Waals surface area contributed by atoms with Crippen molar-refractivity contribution in [1.82, 2.24) is 15.1 Å². The zero-order valence-electron chi connectivity index (χ0n) is 9.30. The van der Waals surface area contributed by atoms with Gasteiger partial charge in [-0.15, -0.1) is 0 Å². The SMILES string of the molecule is c1cnn(CCCNCCc2ccsc2)c1. The van der Waals surface area contributed by atoms with Crippen LogP contribution in [0.15, 0.2) is 35.3 Å². The Balaban J connectivity index is 1.49. The Morgan fingerprint density at radius 1 is 1.38 bits per heavy atom. The normalized spacial score (nSPS) is 10.8. The van der Waals surface area contributed by atoms with Crippen molar-refractivity contribution in [2.24, 2.45) is 0 Å². The molecular formula is C12H17N3S. The number of thiophene rings is 1. The Kier molecular flexibility index (Phi) is 4.58. The molecule has 16 heavy (non-hydrogen) atoms. The number of nitrogens with one attached hydrogen (secondary N) is 1. The van der Waals surface area contributed by atoms with Gasteiger partial charge in [-0.2, -0.15) is 16.4 Å². The Hall–Kier alpha value is -1.13. The van der Waals surface area contributed by atoms with Crippen LogP contribution in [0.5, 0.6) is 0 Å². The van der Waals surface area contributed by atoms with Crippen molar-refractivity contribution in [1.29, 1.82) is 0 Å². The molecule has 2 aromatic heterocycles. The highest BCUT2D eigenvalue weighted by Gasteiger charge is 1.93. The molecule has 0 aromatic carbocycles. The van der Waals surface area contributed by atoms with Gasteiger partial charge in [0.25, 0.3) is 0 Å². The first-order chi connectivity index (χ1) is 7.95. The molecule has 0 radical (unpaired) electrons. The minimum Gasteiger partial charge on any atom is -0.316 e. The van der Waals surface area contributed by atoms with Gasteiger partial charge in [0, 0.05) is 18.9 Å².